The molecule has 0 aromatic heterocycles. The van der Waals surface area contributed by atoms with E-state index < -0.39 is 0 Å². The number of benzene rings is 1. The first kappa shape index (κ1) is 10.1. The molecule has 15 heavy (non-hydrogen) atoms. The van der Waals surface area contributed by atoms with Crippen molar-refractivity contribution < 1.29 is 9.53 Å². The van der Waals surface area contributed by atoms with E-state index in [0.717, 1.165) is 0 Å². The number of hydrogen-bond acceptors (Lipinski definition) is 3. The van der Waals surface area contributed by atoms with Gasteiger partial charge in [0.1, 0.15) is 5.75 Å². The number of rotatable bonds is 1. The van der Waals surface area contributed by atoms with Crippen LogP contribution in [0, 0.1) is 0 Å². The number of carbonyl (C=O) groups is 1. The summed E-state index contributed by atoms with van der Waals surface area (Å²) in [4.78, 5) is 13.6. The van der Waals surface area contributed by atoms with Gasteiger partial charge in [0.2, 0.25) is 5.78 Å². The van der Waals surface area contributed by atoms with E-state index >= 15 is 0 Å². The van der Waals surface area contributed by atoms with E-state index in [0.29, 0.717) is 22.1 Å². The quantitative estimate of drug-likeness (QED) is 0.685. The molecule has 0 atom stereocenters. The Morgan fingerprint density at radius 3 is 2.80 bits per heavy atom. The first-order valence-electron chi connectivity index (χ1n) is 4.48. The van der Waals surface area contributed by atoms with Crippen molar-refractivity contribution in [3.63, 3.8) is 0 Å². The SMILES string of the molecule is CN(C)/C=C1\Oc2ccc(Cl)cc2C1=O. The van der Waals surface area contributed by atoms with Gasteiger partial charge in [0.25, 0.3) is 0 Å². The van der Waals surface area contributed by atoms with Gasteiger partial charge in [-0.05, 0) is 18.2 Å². The van der Waals surface area contributed by atoms with Gasteiger partial charge in [-0.1, -0.05) is 11.6 Å². The fourth-order valence-corrected chi connectivity index (χ4v) is 1.56. The lowest BCUT2D eigenvalue weighted by molar-refractivity contribution is 0.101. The Hall–Kier alpha value is -1.48. The molecule has 3 nitrogen and oxygen atoms in total. The van der Waals surface area contributed by atoms with Crippen LogP contribution >= 0.6 is 11.6 Å². The average Bonchev–Trinajstić information content (AvgIpc) is 2.44. The predicted molar refractivity (Wildman–Crippen MR) is 58.2 cm³/mol. The molecule has 0 saturated heterocycles. The summed E-state index contributed by atoms with van der Waals surface area (Å²) < 4.78 is 5.40. The van der Waals surface area contributed by atoms with E-state index in [-0.39, 0.29) is 5.78 Å². The zero-order chi connectivity index (χ0) is 11.0. The number of ketones is 1. The Morgan fingerprint density at radius 2 is 2.13 bits per heavy atom. The van der Waals surface area contributed by atoms with Gasteiger partial charge in [-0.2, -0.15) is 0 Å². The number of hydrogen-bond donors (Lipinski definition) is 0. The molecule has 0 amide bonds. The number of ether oxygens (including phenoxy) is 1. The van der Waals surface area contributed by atoms with Crippen LogP contribution in [0.15, 0.2) is 30.2 Å². The summed E-state index contributed by atoms with van der Waals surface area (Å²) in [5.74, 6) is 0.774. The molecular formula is C11H10ClNO2. The Bertz CT molecular complexity index is 452. The van der Waals surface area contributed by atoms with Gasteiger partial charge in [-0.3, -0.25) is 4.79 Å². The molecule has 1 heterocycles. The molecular weight excluding hydrogens is 214 g/mol. The van der Waals surface area contributed by atoms with E-state index in [1.54, 1.807) is 29.3 Å². The minimum absolute atomic E-state index is 0.124. The fourth-order valence-electron chi connectivity index (χ4n) is 1.39. The number of halogens is 1. The van der Waals surface area contributed by atoms with Crippen LogP contribution < -0.4 is 4.74 Å². The van der Waals surface area contributed by atoms with Crippen molar-refractivity contribution in [2.75, 3.05) is 14.1 Å². The van der Waals surface area contributed by atoms with Crippen molar-refractivity contribution in [1.29, 1.82) is 0 Å². The van der Waals surface area contributed by atoms with Crippen molar-refractivity contribution >= 4 is 17.4 Å². The molecule has 1 aromatic rings. The zero-order valence-corrected chi connectivity index (χ0v) is 9.21. The van der Waals surface area contributed by atoms with Crippen LogP contribution in [-0.2, 0) is 0 Å². The topological polar surface area (TPSA) is 29.5 Å². The van der Waals surface area contributed by atoms with Crippen LogP contribution in [0.3, 0.4) is 0 Å². The van der Waals surface area contributed by atoms with Crippen molar-refractivity contribution in [3.8, 4) is 5.75 Å². The van der Waals surface area contributed by atoms with Gasteiger partial charge in [-0.25, -0.2) is 0 Å². The molecule has 4 heteroatoms. The summed E-state index contributed by atoms with van der Waals surface area (Å²) in [6.45, 7) is 0. The molecule has 1 aromatic carbocycles. The highest BCUT2D eigenvalue weighted by Gasteiger charge is 2.27. The number of nitrogens with zero attached hydrogens (tertiary/aromatic N) is 1. The average molecular weight is 224 g/mol. The summed E-state index contributed by atoms with van der Waals surface area (Å²) in [7, 11) is 3.67. The lowest BCUT2D eigenvalue weighted by atomic mass is 10.1. The molecule has 0 spiro atoms. The minimum atomic E-state index is -0.124. The first-order valence-corrected chi connectivity index (χ1v) is 4.86. The molecule has 1 aliphatic rings. The summed E-state index contributed by atoms with van der Waals surface area (Å²) in [5.41, 5.74) is 0.524. The van der Waals surface area contributed by atoms with Gasteiger partial charge in [0.15, 0.2) is 5.76 Å². The van der Waals surface area contributed by atoms with E-state index in [2.05, 4.69) is 0 Å². The van der Waals surface area contributed by atoms with Crippen LogP contribution in [0.1, 0.15) is 10.4 Å². The normalized spacial score (nSPS) is 16.5. The van der Waals surface area contributed by atoms with Gasteiger partial charge in [-0.15, -0.1) is 0 Å². The first-order chi connectivity index (χ1) is 7.08. The van der Waals surface area contributed by atoms with Crippen LogP contribution in [0.5, 0.6) is 5.75 Å². The van der Waals surface area contributed by atoms with Crippen molar-refractivity contribution in [1.82, 2.24) is 4.90 Å². The molecule has 0 fully saturated rings. The monoisotopic (exact) mass is 223 g/mol. The summed E-state index contributed by atoms with van der Waals surface area (Å²) in [5, 5.41) is 0.539. The lowest BCUT2D eigenvalue weighted by Crippen LogP contribution is -2.08. The largest absolute Gasteiger partial charge is 0.451 e. The van der Waals surface area contributed by atoms with E-state index in [1.165, 1.54) is 0 Å². The predicted octanol–water partition coefficient (Wildman–Crippen LogP) is 2.32. The minimum Gasteiger partial charge on any atom is -0.451 e. The maximum atomic E-state index is 11.8. The van der Waals surface area contributed by atoms with Gasteiger partial charge >= 0.3 is 0 Å². The third-order valence-corrected chi connectivity index (χ3v) is 2.24. The molecule has 0 saturated carbocycles. The molecule has 1 aliphatic heterocycles. The maximum Gasteiger partial charge on any atom is 0.233 e. The number of Topliss-reactive ketones (excluding diaryl/α,β-unsaturated/α-hetero) is 1. The second kappa shape index (κ2) is 3.59. The molecule has 0 aliphatic carbocycles. The zero-order valence-electron chi connectivity index (χ0n) is 8.45. The van der Waals surface area contributed by atoms with Gasteiger partial charge < -0.3 is 9.64 Å². The number of carbonyl (C=O) groups excluding carboxylic acids is 1. The maximum absolute atomic E-state index is 11.8. The third-order valence-electron chi connectivity index (χ3n) is 2.01. The Kier molecular flexibility index (Phi) is 2.40. The second-order valence-corrected chi connectivity index (χ2v) is 3.97. The van der Waals surface area contributed by atoms with Crippen molar-refractivity contribution in [3.05, 3.63) is 40.7 Å². The number of allylic oxidation sites excluding steroid dienone is 1. The Labute approximate surface area is 92.9 Å². The lowest BCUT2D eigenvalue weighted by Gasteiger charge is -2.05. The van der Waals surface area contributed by atoms with Crippen molar-refractivity contribution in [2.45, 2.75) is 0 Å². The summed E-state index contributed by atoms with van der Waals surface area (Å²) in [6.07, 6.45) is 1.65. The molecule has 2 rings (SSSR count). The van der Waals surface area contributed by atoms with E-state index in [4.69, 9.17) is 16.3 Å². The van der Waals surface area contributed by atoms with Crippen LogP contribution in [0.4, 0.5) is 0 Å². The molecule has 0 radical (unpaired) electrons. The highest BCUT2D eigenvalue weighted by atomic mass is 35.5. The van der Waals surface area contributed by atoms with E-state index in [1.807, 2.05) is 14.1 Å². The standard InChI is InChI=1S/C11H10ClNO2/c1-13(2)6-10-11(14)8-5-7(12)3-4-9(8)15-10/h3-6H,1-2H3/b10-6-. The molecule has 78 valence electrons. The summed E-state index contributed by atoms with van der Waals surface area (Å²) >= 11 is 5.80. The third kappa shape index (κ3) is 1.83. The van der Waals surface area contributed by atoms with Crippen LogP contribution in [0.2, 0.25) is 5.02 Å². The molecule has 0 bridgehead atoms. The fraction of sp³-hybridized carbons (Fsp3) is 0.182. The highest BCUT2D eigenvalue weighted by Crippen LogP contribution is 2.32. The Morgan fingerprint density at radius 1 is 1.40 bits per heavy atom. The molecule has 0 unspecified atom stereocenters. The van der Waals surface area contributed by atoms with E-state index in [9.17, 15) is 4.79 Å². The highest BCUT2D eigenvalue weighted by molar-refractivity contribution is 6.31. The second-order valence-electron chi connectivity index (χ2n) is 3.53. The van der Waals surface area contributed by atoms with Gasteiger partial charge in [0, 0.05) is 25.3 Å². The Balaban J connectivity index is 2.42. The summed E-state index contributed by atoms with van der Waals surface area (Å²) in [6, 6.07) is 5.02. The van der Waals surface area contributed by atoms with Crippen molar-refractivity contribution in [2.24, 2.45) is 0 Å². The van der Waals surface area contributed by atoms with Crippen LogP contribution in [-0.4, -0.2) is 24.8 Å². The molecule has 0 N–H and O–H groups in total. The van der Waals surface area contributed by atoms with Gasteiger partial charge in [0.05, 0.1) is 5.56 Å². The van der Waals surface area contributed by atoms with Crippen LogP contribution in [0.25, 0.3) is 0 Å². The smallest absolute Gasteiger partial charge is 0.233 e. The number of fused-ring (bicyclic) bond motifs is 1.